The van der Waals surface area contributed by atoms with E-state index >= 15 is 0 Å². The van der Waals surface area contributed by atoms with Gasteiger partial charge in [0.2, 0.25) is 0 Å². The number of carbonyl (C=O) groups is 1. The van der Waals surface area contributed by atoms with E-state index in [0.29, 0.717) is 17.5 Å². The minimum atomic E-state index is -0.745. The van der Waals surface area contributed by atoms with E-state index in [0.717, 1.165) is 18.9 Å². The number of hydrogen-bond acceptors (Lipinski definition) is 6. The SMILES string of the molecule is C=C[C@@H]1[C@@H]2CC[C@H](CN1c1nc(SC)nc3c(F)cc(F)c(Br)c13)N2C(=O)OC(C)(C)C. The van der Waals surface area contributed by atoms with Gasteiger partial charge in [0, 0.05) is 12.6 Å². The van der Waals surface area contributed by atoms with E-state index in [9.17, 15) is 13.6 Å². The first-order valence-electron chi connectivity index (χ1n) is 10.4. The van der Waals surface area contributed by atoms with Crippen LogP contribution in [-0.4, -0.2) is 57.5 Å². The number of aromatic nitrogens is 2. The first-order chi connectivity index (χ1) is 15.1. The third-order valence-electron chi connectivity index (χ3n) is 5.79. The van der Waals surface area contributed by atoms with Gasteiger partial charge in [-0.05, 0) is 55.8 Å². The van der Waals surface area contributed by atoms with E-state index in [1.165, 1.54) is 11.8 Å². The third kappa shape index (κ3) is 3.96. The molecule has 0 radical (unpaired) electrons. The summed E-state index contributed by atoms with van der Waals surface area (Å²) in [5.74, 6) is -1.04. The Labute approximate surface area is 198 Å². The van der Waals surface area contributed by atoms with E-state index in [2.05, 4.69) is 32.5 Å². The number of piperazine rings is 1. The van der Waals surface area contributed by atoms with Gasteiger partial charge in [0.25, 0.3) is 0 Å². The van der Waals surface area contributed by atoms with Crippen molar-refractivity contribution in [3.63, 3.8) is 0 Å². The van der Waals surface area contributed by atoms with E-state index in [-0.39, 0.29) is 39.6 Å². The number of nitrogens with zero attached hydrogens (tertiary/aromatic N) is 4. The number of anilines is 1. The lowest BCUT2D eigenvalue weighted by molar-refractivity contribution is 0.00954. The fraction of sp³-hybridized carbons (Fsp3) is 0.500. The van der Waals surface area contributed by atoms with Crippen LogP contribution in [0.2, 0.25) is 0 Å². The molecule has 2 aliphatic heterocycles. The lowest BCUT2D eigenvalue weighted by Gasteiger charge is -2.46. The Morgan fingerprint density at radius 3 is 2.66 bits per heavy atom. The zero-order valence-corrected chi connectivity index (χ0v) is 20.8. The second-order valence-electron chi connectivity index (χ2n) is 8.98. The molecular weight excluding hydrogens is 502 g/mol. The Morgan fingerprint density at radius 2 is 2.03 bits per heavy atom. The van der Waals surface area contributed by atoms with Gasteiger partial charge in [-0.2, -0.15) is 0 Å². The number of halogens is 3. The highest BCUT2D eigenvalue weighted by molar-refractivity contribution is 9.10. The van der Waals surface area contributed by atoms with Crippen molar-refractivity contribution < 1.29 is 18.3 Å². The Hall–Kier alpha value is -1.94. The molecule has 1 aromatic heterocycles. The van der Waals surface area contributed by atoms with Gasteiger partial charge in [-0.3, -0.25) is 4.90 Å². The first-order valence-corrected chi connectivity index (χ1v) is 12.4. The van der Waals surface area contributed by atoms with Crippen LogP contribution >= 0.6 is 27.7 Å². The average Bonchev–Trinajstić information content (AvgIpc) is 3.04. The van der Waals surface area contributed by atoms with Crippen molar-refractivity contribution in [2.24, 2.45) is 0 Å². The molecule has 2 aromatic rings. The fourth-order valence-electron chi connectivity index (χ4n) is 4.56. The van der Waals surface area contributed by atoms with Gasteiger partial charge in [-0.1, -0.05) is 17.8 Å². The molecule has 4 rings (SSSR count). The van der Waals surface area contributed by atoms with Crippen LogP contribution in [-0.2, 0) is 4.74 Å². The lowest BCUT2D eigenvalue weighted by Crippen LogP contribution is -2.61. The second-order valence-corrected chi connectivity index (χ2v) is 10.5. The molecule has 0 spiro atoms. The van der Waals surface area contributed by atoms with Gasteiger partial charge in [0.15, 0.2) is 11.0 Å². The van der Waals surface area contributed by atoms with Crippen LogP contribution in [0.3, 0.4) is 0 Å². The van der Waals surface area contributed by atoms with Crippen LogP contribution in [0.25, 0.3) is 10.9 Å². The predicted molar refractivity (Wildman–Crippen MR) is 125 cm³/mol. The molecule has 3 atom stereocenters. The number of rotatable bonds is 3. The topological polar surface area (TPSA) is 58.6 Å². The molecular formula is C22H25BrF2N4O2S. The maximum atomic E-state index is 14.7. The molecule has 0 N–H and O–H groups in total. The second kappa shape index (κ2) is 8.44. The van der Waals surface area contributed by atoms with Gasteiger partial charge in [0.1, 0.15) is 22.8 Å². The summed E-state index contributed by atoms with van der Waals surface area (Å²) in [7, 11) is 0. The number of ether oxygens (including phenoxy) is 1. The van der Waals surface area contributed by atoms with Gasteiger partial charge in [-0.15, -0.1) is 6.58 Å². The molecule has 6 nitrogen and oxygen atoms in total. The maximum Gasteiger partial charge on any atom is 0.410 e. The maximum absolute atomic E-state index is 14.7. The van der Waals surface area contributed by atoms with Crippen molar-refractivity contribution in [3.05, 3.63) is 34.8 Å². The quantitative estimate of drug-likeness (QED) is 0.226. The number of thioether (sulfide) groups is 1. The summed E-state index contributed by atoms with van der Waals surface area (Å²) in [5.41, 5.74) is -0.551. The number of benzene rings is 1. The van der Waals surface area contributed by atoms with Crippen LogP contribution in [0.4, 0.5) is 19.4 Å². The summed E-state index contributed by atoms with van der Waals surface area (Å²) in [6.07, 6.45) is 4.79. The Morgan fingerprint density at radius 1 is 1.31 bits per heavy atom. The van der Waals surface area contributed by atoms with Crippen molar-refractivity contribution in [1.29, 1.82) is 0 Å². The van der Waals surface area contributed by atoms with Crippen LogP contribution < -0.4 is 4.90 Å². The lowest BCUT2D eigenvalue weighted by atomic mass is 10.0. The van der Waals surface area contributed by atoms with Crippen molar-refractivity contribution >= 4 is 50.5 Å². The molecule has 3 heterocycles. The number of carbonyl (C=O) groups excluding carboxylic acids is 1. The zero-order valence-electron chi connectivity index (χ0n) is 18.4. The largest absolute Gasteiger partial charge is 0.444 e. The number of fused-ring (bicyclic) bond motifs is 3. The Balaban J connectivity index is 1.82. The molecule has 1 aromatic carbocycles. The summed E-state index contributed by atoms with van der Waals surface area (Å²) >= 11 is 4.55. The third-order valence-corrected chi connectivity index (χ3v) is 7.11. The molecule has 2 fully saturated rings. The summed E-state index contributed by atoms with van der Waals surface area (Å²) in [6, 6.07) is 0.238. The molecule has 0 aliphatic carbocycles. The summed E-state index contributed by atoms with van der Waals surface area (Å²) < 4.78 is 34.9. The van der Waals surface area contributed by atoms with Gasteiger partial charge in [0.05, 0.1) is 28.0 Å². The first kappa shape index (κ1) is 23.2. The van der Waals surface area contributed by atoms with Crippen molar-refractivity contribution in [1.82, 2.24) is 14.9 Å². The molecule has 10 heteroatoms. The average molecular weight is 527 g/mol. The molecule has 2 aliphatic rings. The van der Waals surface area contributed by atoms with E-state index in [4.69, 9.17) is 4.74 Å². The van der Waals surface area contributed by atoms with Crippen LogP contribution in [0.5, 0.6) is 0 Å². The minimum absolute atomic E-state index is 0.0531. The normalized spacial score (nSPS) is 23.0. The molecule has 2 bridgehead atoms. The predicted octanol–water partition coefficient (Wildman–Crippen LogP) is 5.54. The van der Waals surface area contributed by atoms with Gasteiger partial charge in [-0.25, -0.2) is 23.5 Å². The Kier molecular flexibility index (Phi) is 6.13. The molecule has 172 valence electrons. The van der Waals surface area contributed by atoms with Crippen LogP contribution in [0, 0.1) is 11.6 Å². The van der Waals surface area contributed by atoms with Crippen molar-refractivity contribution in [3.8, 4) is 0 Å². The molecule has 2 saturated heterocycles. The number of amides is 1. The highest BCUT2D eigenvalue weighted by Gasteiger charge is 2.49. The van der Waals surface area contributed by atoms with E-state index in [1.807, 2.05) is 25.7 Å². The standard InChI is InChI=1S/C22H25BrF2N4O2S/c1-6-14-15-8-7-11(29(15)21(30)31-22(2,3)4)10-28(14)19-16-17(23)12(24)9-13(25)18(16)26-20(27-19)32-5/h6,9,11,14-15H,1,7-8,10H2,2-5H3/t11-,14-,15+/m1/s1. The van der Waals surface area contributed by atoms with Crippen molar-refractivity contribution in [2.75, 3.05) is 17.7 Å². The van der Waals surface area contributed by atoms with Gasteiger partial charge >= 0.3 is 6.09 Å². The van der Waals surface area contributed by atoms with E-state index < -0.39 is 17.2 Å². The smallest absolute Gasteiger partial charge is 0.410 e. The molecule has 0 saturated carbocycles. The van der Waals surface area contributed by atoms with Crippen LogP contribution in [0.1, 0.15) is 33.6 Å². The van der Waals surface area contributed by atoms with Crippen LogP contribution in [0.15, 0.2) is 28.4 Å². The summed E-state index contributed by atoms with van der Waals surface area (Å²) in [4.78, 5) is 25.7. The fourth-order valence-corrected chi connectivity index (χ4v) is 5.40. The highest BCUT2D eigenvalue weighted by atomic mass is 79.9. The zero-order chi connectivity index (χ0) is 23.4. The number of hydrogen-bond donors (Lipinski definition) is 0. The molecule has 32 heavy (non-hydrogen) atoms. The molecule has 1 amide bonds. The van der Waals surface area contributed by atoms with Gasteiger partial charge < -0.3 is 9.64 Å². The summed E-state index contributed by atoms with van der Waals surface area (Å²) in [6.45, 7) is 9.95. The summed E-state index contributed by atoms with van der Waals surface area (Å²) in [5, 5.41) is 0.659. The highest BCUT2D eigenvalue weighted by Crippen LogP contribution is 2.42. The Bertz CT molecular complexity index is 1090. The monoisotopic (exact) mass is 526 g/mol. The molecule has 0 unspecified atom stereocenters. The van der Waals surface area contributed by atoms with Crippen molar-refractivity contribution in [2.45, 2.75) is 62.5 Å². The van der Waals surface area contributed by atoms with E-state index in [1.54, 1.807) is 17.2 Å². The minimum Gasteiger partial charge on any atom is -0.444 e.